The Morgan fingerprint density at radius 1 is 0.842 bits per heavy atom. The molecule has 0 rings (SSSR count). The summed E-state index contributed by atoms with van der Waals surface area (Å²) in [5.41, 5.74) is 0.309. The van der Waals surface area contributed by atoms with Gasteiger partial charge in [0.25, 0.3) is 0 Å². The van der Waals surface area contributed by atoms with Crippen molar-refractivity contribution in [3.63, 3.8) is 0 Å². The van der Waals surface area contributed by atoms with Crippen LogP contribution in [0.2, 0.25) is 0 Å². The minimum atomic E-state index is 0.0860. The molecular formula is C16H34N2O. The lowest BCUT2D eigenvalue weighted by molar-refractivity contribution is -0.122. The van der Waals surface area contributed by atoms with Crippen molar-refractivity contribution in [2.24, 2.45) is 5.41 Å². The van der Waals surface area contributed by atoms with Gasteiger partial charge in [0.15, 0.2) is 0 Å². The first-order valence-corrected chi connectivity index (χ1v) is 7.62. The average Bonchev–Trinajstić information content (AvgIpc) is 2.17. The number of hydrogen-bond donors (Lipinski definition) is 2. The third kappa shape index (κ3) is 15.4. The van der Waals surface area contributed by atoms with Gasteiger partial charge >= 0.3 is 0 Å². The van der Waals surface area contributed by atoms with Crippen LogP contribution in [-0.2, 0) is 4.79 Å². The summed E-state index contributed by atoms with van der Waals surface area (Å²) in [4.78, 5) is 11.6. The molecule has 0 aliphatic carbocycles. The monoisotopic (exact) mass is 270 g/mol. The second-order valence-electron chi connectivity index (χ2n) is 7.68. The molecule has 0 fully saturated rings. The Kier molecular flexibility index (Phi) is 8.31. The van der Waals surface area contributed by atoms with Crippen molar-refractivity contribution in [2.75, 3.05) is 13.1 Å². The van der Waals surface area contributed by atoms with Crippen LogP contribution in [0.3, 0.4) is 0 Å². The molecule has 0 radical (unpaired) electrons. The molecule has 1 amide bonds. The molecule has 3 heteroatoms. The van der Waals surface area contributed by atoms with Gasteiger partial charge in [-0.05, 0) is 45.6 Å². The van der Waals surface area contributed by atoms with E-state index in [-0.39, 0.29) is 16.9 Å². The molecule has 0 heterocycles. The van der Waals surface area contributed by atoms with Crippen molar-refractivity contribution in [2.45, 2.75) is 79.2 Å². The first-order chi connectivity index (χ1) is 8.60. The SMILES string of the molecule is CC(C)(C)CC(=O)NCCCCCCNC(C)(C)C. The maximum atomic E-state index is 11.6. The van der Waals surface area contributed by atoms with Gasteiger partial charge in [-0.1, -0.05) is 33.6 Å². The molecule has 0 atom stereocenters. The zero-order valence-corrected chi connectivity index (χ0v) is 13.9. The fourth-order valence-electron chi connectivity index (χ4n) is 1.84. The van der Waals surface area contributed by atoms with Crippen molar-refractivity contribution in [3.05, 3.63) is 0 Å². The quantitative estimate of drug-likeness (QED) is 0.663. The standard InChI is InChI=1S/C16H34N2O/c1-15(2,3)13-14(19)17-11-9-7-8-10-12-18-16(4,5)6/h18H,7-13H2,1-6H3,(H,17,19). The third-order valence-electron chi connectivity index (χ3n) is 2.77. The molecular weight excluding hydrogens is 236 g/mol. The summed E-state index contributed by atoms with van der Waals surface area (Å²) >= 11 is 0. The summed E-state index contributed by atoms with van der Waals surface area (Å²) in [5.74, 6) is 0.182. The second kappa shape index (κ2) is 8.57. The van der Waals surface area contributed by atoms with Crippen LogP contribution in [0.1, 0.15) is 73.6 Å². The number of rotatable bonds is 8. The van der Waals surface area contributed by atoms with Crippen molar-refractivity contribution in [1.29, 1.82) is 0 Å². The van der Waals surface area contributed by atoms with Gasteiger partial charge in [0.1, 0.15) is 0 Å². The van der Waals surface area contributed by atoms with Crippen molar-refractivity contribution < 1.29 is 4.79 Å². The Balaban J connectivity index is 3.35. The first-order valence-electron chi connectivity index (χ1n) is 7.62. The summed E-state index contributed by atoms with van der Waals surface area (Å²) < 4.78 is 0. The largest absolute Gasteiger partial charge is 0.356 e. The lowest BCUT2D eigenvalue weighted by atomic mass is 9.92. The smallest absolute Gasteiger partial charge is 0.220 e. The van der Waals surface area contributed by atoms with Gasteiger partial charge in [-0.3, -0.25) is 4.79 Å². The van der Waals surface area contributed by atoms with E-state index in [2.05, 4.69) is 52.2 Å². The highest BCUT2D eigenvalue weighted by molar-refractivity contribution is 5.76. The molecule has 0 aromatic carbocycles. The molecule has 3 nitrogen and oxygen atoms in total. The van der Waals surface area contributed by atoms with Crippen LogP contribution in [0.5, 0.6) is 0 Å². The van der Waals surface area contributed by atoms with Crippen molar-refractivity contribution >= 4 is 5.91 Å². The minimum Gasteiger partial charge on any atom is -0.356 e. The van der Waals surface area contributed by atoms with E-state index in [1.807, 2.05) is 0 Å². The van der Waals surface area contributed by atoms with Crippen LogP contribution in [0.15, 0.2) is 0 Å². The molecule has 0 aliphatic heterocycles. The Hall–Kier alpha value is -0.570. The number of unbranched alkanes of at least 4 members (excludes halogenated alkanes) is 3. The van der Waals surface area contributed by atoms with Crippen LogP contribution in [0.25, 0.3) is 0 Å². The zero-order chi connectivity index (χ0) is 14.9. The van der Waals surface area contributed by atoms with Gasteiger partial charge < -0.3 is 10.6 Å². The molecule has 0 bridgehead atoms. The molecule has 0 aromatic heterocycles. The zero-order valence-electron chi connectivity index (χ0n) is 13.9. The Morgan fingerprint density at radius 2 is 1.37 bits per heavy atom. The molecule has 0 saturated heterocycles. The predicted octanol–water partition coefficient (Wildman–Crippen LogP) is 3.49. The van der Waals surface area contributed by atoms with E-state index in [1.165, 1.54) is 19.3 Å². The molecule has 0 aromatic rings. The molecule has 0 aliphatic rings. The first kappa shape index (κ1) is 18.4. The van der Waals surface area contributed by atoms with Crippen LogP contribution >= 0.6 is 0 Å². The van der Waals surface area contributed by atoms with Crippen LogP contribution in [0.4, 0.5) is 0 Å². The highest BCUT2D eigenvalue weighted by Crippen LogP contribution is 2.17. The van der Waals surface area contributed by atoms with E-state index in [4.69, 9.17) is 0 Å². The highest BCUT2D eigenvalue weighted by Gasteiger charge is 2.15. The van der Waals surface area contributed by atoms with Gasteiger partial charge in [0.05, 0.1) is 0 Å². The number of nitrogens with one attached hydrogen (secondary N) is 2. The van der Waals surface area contributed by atoms with Gasteiger partial charge in [-0.15, -0.1) is 0 Å². The Bertz CT molecular complexity index is 248. The molecule has 114 valence electrons. The number of hydrogen-bond acceptors (Lipinski definition) is 2. The van der Waals surface area contributed by atoms with Crippen LogP contribution < -0.4 is 10.6 Å². The van der Waals surface area contributed by atoms with Gasteiger partial charge in [0.2, 0.25) is 5.91 Å². The highest BCUT2D eigenvalue weighted by atomic mass is 16.1. The second-order valence-corrected chi connectivity index (χ2v) is 7.68. The van der Waals surface area contributed by atoms with E-state index in [1.54, 1.807) is 0 Å². The summed E-state index contributed by atoms with van der Waals surface area (Å²) in [7, 11) is 0. The third-order valence-corrected chi connectivity index (χ3v) is 2.77. The molecule has 0 saturated carbocycles. The minimum absolute atomic E-state index is 0.0860. The van der Waals surface area contributed by atoms with E-state index in [9.17, 15) is 4.79 Å². The van der Waals surface area contributed by atoms with Crippen molar-refractivity contribution in [3.8, 4) is 0 Å². The molecule has 19 heavy (non-hydrogen) atoms. The van der Waals surface area contributed by atoms with E-state index in [0.717, 1.165) is 19.5 Å². The number of carbonyl (C=O) groups excluding carboxylic acids is 1. The normalized spacial score (nSPS) is 12.5. The number of amides is 1. The Labute approximate surface area is 119 Å². The fourth-order valence-corrected chi connectivity index (χ4v) is 1.84. The lowest BCUT2D eigenvalue weighted by Crippen LogP contribution is -2.36. The average molecular weight is 270 g/mol. The predicted molar refractivity (Wildman–Crippen MR) is 83.3 cm³/mol. The Morgan fingerprint density at radius 3 is 1.84 bits per heavy atom. The fraction of sp³-hybridized carbons (Fsp3) is 0.938. The van der Waals surface area contributed by atoms with E-state index < -0.39 is 0 Å². The summed E-state index contributed by atoms with van der Waals surface area (Å²) in [6.07, 6.45) is 5.35. The maximum absolute atomic E-state index is 11.6. The maximum Gasteiger partial charge on any atom is 0.220 e. The molecule has 2 N–H and O–H groups in total. The van der Waals surface area contributed by atoms with Crippen LogP contribution in [-0.4, -0.2) is 24.5 Å². The van der Waals surface area contributed by atoms with Gasteiger partial charge in [-0.25, -0.2) is 0 Å². The lowest BCUT2D eigenvalue weighted by Gasteiger charge is -2.20. The topological polar surface area (TPSA) is 41.1 Å². The van der Waals surface area contributed by atoms with E-state index >= 15 is 0 Å². The summed E-state index contributed by atoms with van der Waals surface area (Å²) in [6, 6.07) is 0. The van der Waals surface area contributed by atoms with Crippen molar-refractivity contribution in [1.82, 2.24) is 10.6 Å². The van der Waals surface area contributed by atoms with Crippen LogP contribution in [0, 0.1) is 5.41 Å². The van der Waals surface area contributed by atoms with E-state index in [0.29, 0.717) is 6.42 Å². The molecule has 0 spiro atoms. The summed E-state index contributed by atoms with van der Waals surface area (Å²) in [5, 5.41) is 6.49. The molecule has 0 unspecified atom stereocenters. The number of carbonyl (C=O) groups is 1. The van der Waals surface area contributed by atoms with Gasteiger partial charge in [0, 0.05) is 18.5 Å². The van der Waals surface area contributed by atoms with Gasteiger partial charge in [-0.2, -0.15) is 0 Å². The summed E-state index contributed by atoms with van der Waals surface area (Å²) in [6.45, 7) is 14.8.